The Labute approximate surface area is 155 Å². The molecule has 2 heterocycles. The van der Waals surface area contributed by atoms with Gasteiger partial charge in [-0.3, -0.25) is 20.0 Å². The van der Waals surface area contributed by atoms with Gasteiger partial charge in [0.1, 0.15) is 0 Å². The molecule has 0 amide bonds. The van der Waals surface area contributed by atoms with Crippen LogP contribution < -0.4 is 5.56 Å². The van der Waals surface area contributed by atoms with Gasteiger partial charge in [0, 0.05) is 34.3 Å². The Morgan fingerprint density at radius 3 is 2.31 bits per heavy atom. The first-order valence-corrected chi connectivity index (χ1v) is 8.44. The molecule has 0 aliphatic heterocycles. The molecule has 0 spiro atoms. The maximum atomic E-state index is 12.4. The highest BCUT2D eigenvalue weighted by Crippen LogP contribution is 2.23. The maximum Gasteiger partial charge on any atom is 0.273 e. The van der Waals surface area contributed by atoms with E-state index in [1.807, 2.05) is 24.3 Å². The standard InChI is InChI=1S/C18H11BrN4O3/c19-13-5-1-12(2-6-13)16-9-17-20-15(10-18(24)22(17)21-16)11-3-7-14(8-4-11)23(25)26/h1-10,21H. The lowest BCUT2D eigenvalue weighted by molar-refractivity contribution is -0.384. The minimum Gasteiger partial charge on any atom is -0.289 e. The van der Waals surface area contributed by atoms with Gasteiger partial charge in [-0.1, -0.05) is 28.1 Å². The van der Waals surface area contributed by atoms with Crippen molar-refractivity contribution in [1.82, 2.24) is 14.6 Å². The molecule has 0 saturated heterocycles. The van der Waals surface area contributed by atoms with Gasteiger partial charge in [0.05, 0.1) is 16.3 Å². The topological polar surface area (TPSA) is 93.3 Å². The number of hydrogen-bond acceptors (Lipinski definition) is 4. The minimum atomic E-state index is -0.466. The quantitative estimate of drug-likeness (QED) is 0.407. The number of halogens is 1. The number of nitrogens with one attached hydrogen (secondary N) is 1. The number of benzene rings is 2. The van der Waals surface area contributed by atoms with E-state index in [4.69, 9.17) is 0 Å². The Bertz CT molecular complexity index is 1180. The molecule has 1 N–H and O–H groups in total. The Morgan fingerprint density at radius 2 is 1.65 bits per heavy atom. The molecule has 0 saturated carbocycles. The summed E-state index contributed by atoms with van der Waals surface area (Å²) in [6, 6.07) is 16.8. The average molecular weight is 411 g/mol. The molecule has 4 aromatic rings. The van der Waals surface area contributed by atoms with Gasteiger partial charge in [-0.05, 0) is 29.8 Å². The van der Waals surface area contributed by atoms with Crippen LogP contribution in [-0.4, -0.2) is 19.5 Å². The predicted octanol–water partition coefficient (Wildman–Crippen LogP) is 4.03. The summed E-state index contributed by atoms with van der Waals surface area (Å²) in [6.07, 6.45) is 0. The summed E-state index contributed by atoms with van der Waals surface area (Å²) in [6.45, 7) is 0. The van der Waals surface area contributed by atoms with E-state index in [0.717, 1.165) is 15.7 Å². The molecule has 0 fully saturated rings. The van der Waals surface area contributed by atoms with Crippen LogP contribution >= 0.6 is 15.9 Å². The van der Waals surface area contributed by atoms with Crippen molar-refractivity contribution in [3.05, 3.63) is 85.6 Å². The number of fused-ring (bicyclic) bond motifs is 1. The summed E-state index contributed by atoms with van der Waals surface area (Å²) in [5, 5.41) is 13.8. The van der Waals surface area contributed by atoms with Crippen molar-refractivity contribution in [2.24, 2.45) is 0 Å². The van der Waals surface area contributed by atoms with Crippen molar-refractivity contribution in [3.8, 4) is 22.5 Å². The van der Waals surface area contributed by atoms with Crippen LogP contribution in [0.4, 0.5) is 5.69 Å². The van der Waals surface area contributed by atoms with Crippen molar-refractivity contribution in [2.45, 2.75) is 0 Å². The fourth-order valence-corrected chi connectivity index (χ4v) is 2.93. The van der Waals surface area contributed by atoms with Gasteiger partial charge in [0.15, 0.2) is 5.65 Å². The van der Waals surface area contributed by atoms with Gasteiger partial charge >= 0.3 is 0 Å². The molecule has 2 aromatic heterocycles. The summed E-state index contributed by atoms with van der Waals surface area (Å²) in [4.78, 5) is 27.2. The van der Waals surface area contributed by atoms with E-state index in [1.54, 1.807) is 18.2 Å². The van der Waals surface area contributed by atoms with Crippen LogP contribution in [0.5, 0.6) is 0 Å². The summed E-state index contributed by atoms with van der Waals surface area (Å²) in [5.74, 6) is 0. The number of nitro benzene ring substituents is 1. The lowest BCUT2D eigenvalue weighted by atomic mass is 10.1. The van der Waals surface area contributed by atoms with Gasteiger partial charge in [0.2, 0.25) is 0 Å². The number of H-pyrrole nitrogens is 1. The van der Waals surface area contributed by atoms with Gasteiger partial charge in [0.25, 0.3) is 11.2 Å². The molecule has 0 unspecified atom stereocenters. The molecule has 2 aromatic carbocycles. The second kappa shape index (κ2) is 6.23. The smallest absolute Gasteiger partial charge is 0.273 e. The first-order chi connectivity index (χ1) is 12.5. The van der Waals surface area contributed by atoms with Crippen molar-refractivity contribution in [3.63, 3.8) is 0 Å². The second-order valence-electron chi connectivity index (χ2n) is 5.65. The third-order valence-corrected chi connectivity index (χ3v) is 4.51. The number of aromatic amines is 1. The maximum absolute atomic E-state index is 12.4. The molecule has 0 aliphatic carbocycles. The monoisotopic (exact) mass is 410 g/mol. The Balaban J connectivity index is 1.80. The Morgan fingerprint density at radius 1 is 1.00 bits per heavy atom. The molecule has 0 atom stereocenters. The average Bonchev–Trinajstić information content (AvgIpc) is 3.07. The molecule has 4 rings (SSSR count). The number of non-ortho nitro benzene ring substituents is 1. The number of nitrogens with zero attached hydrogens (tertiary/aromatic N) is 3. The zero-order valence-corrected chi connectivity index (χ0v) is 14.8. The van der Waals surface area contributed by atoms with E-state index >= 15 is 0 Å². The first-order valence-electron chi connectivity index (χ1n) is 7.65. The fourth-order valence-electron chi connectivity index (χ4n) is 2.67. The van der Waals surface area contributed by atoms with Crippen molar-refractivity contribution < 1.29 is 4.92 Å². The molecule has 128 valence electrons. The minimum absolute atomic E-state index is 0.00859. The summed E-state index contributed by atoms with van der Waals surface area (Å²) in [7, 11) is 0. The number of aromatic nitrogens is 3. The Hall–Kier alpha value is -3.26. The molecule has 0 aliphatic rings. The number of nitro groups is 1. The van der Waals surface area contributed by atoms with Crippen LogP contribution in [0.1, 0.15) is 0 Å². The molecular weight excluding hydrogens is 400 g/mol. The van der Waals surface area contributed by atoms with Crippen LogP contribution in [0.2, 0.25) is 0 Å². The molecular formula is C18H11BrN4O3. The normalized spacial score (nSPS) is 11.0. The summed E-state index contributed by atoms with van der Waals surface area (Å²) in [5.41, 5.74) is 3.01. The lowest BCUT2D eigenvalue weighted by Crippen LogP contribution is -2.14. The van der Waals surface area contributed by atoms with Crippen LogP contribution in [-0.2, 0) is 0 Å². The van der Waals surface area contributed by atoms with Crippen LogP contribution in [0, 0.1) is 10.1 Å². The van der Waals surface area contributed by atoms with E-state index < -0.39 is 4.92 Å². The van der Waals surface area contributed by atoms with Gasteiger partial charge in [-0.2, -0.15) is 0 Å². The van der Waals surface area contributed by atoms with E-state index in [0.29, 0.717) is 16.9 Å². The SMILES string of the molecule is O=c1cc(-c2ccc([N+](=O)[O-])cc2)nc2cc(-c3ccc(Br)cc3)[nH]n12. The fraction of sp³-hybridized carbons (Fsp3) is 0. The highest BCUT2D eigenvalue weighted by molar-refractivity contribution is 9.10. The Kier molecular flexibility index (Phi) is 3.89. The highest BCUT2D eigenvalue weighted by Gasteiger charge is 2.11. The zero-order valence-electron chi connectivity index (χ0n) is 13.2. The van der Waals surface area contributed by atoms with Gasteiger partial charge in [-0.25, -0.2) is 9.50 Å². The third kappa shape index (κ3) is 2.91. The van der Waals surface area contributed by atoms with Gasteiger partial charge in [-0.15, -0.1) is 0 Å². The summed E-state index contributed by atoms with van der Waals surface area (Å²) >= 11 is 3.39. The van der Waals surface area contributed by atoms with Crippen molar-refractivity contribution in [2.75, 3.05) is 0 Å². The third-order valence-electron chi connectivity index (χ3n) is 3.98. The van der Waals surface area contributed by atoms with E-state index in [2.05, 4.69) is 26.0 Å². The lowest BCUT2D eigenvalue weighted by Gasteiger charge is -2.01. The largest absolute Gasteiger partial charge is 0.289 e. The molecule has 8 heteroatoms. The van der Waals surface area contributed by atoms with Crippen LogP contribution in [0.15, 0.2) is 69.9 Å². The highest BCUT2D eigenvalue weighted by atomic mass is 79.9. The molecule has 26 heavy (non-hydrogen) atoms. The molecule has 7 nitrogen and oxygen atoms in total. The van der Waals surface area contributed by atoms with Gasteiger partial charge < -0.3 is 0 Å². The number of rotatable bonds is 3. The zero-order chi connectivity index (χ0) is 18.3. The second-order valence-corrected chi connectivity index (χ2v) is 6.57. The van der Waals surface area contributed by atoms with Crippen LogP contribution in [0.3, 0.4) is 0 Å². The van der Waals surface area contributed by atoms with Crippen molar-refractivity contribution >= 4 is 27.3 Å². The van der Waals surface area contributed by atoms with E-state index in [9.17, 15) is 14.9 Å². The number of hydrogen-bond donors (Lipinski definition) is 1. The van der Waals surface area contributed by atoms with Crippen LogP contribution in [0.25, 0.3) is 28.2 Å². The summed E-state index contributed by atoms with van der Waals surface area (Å²) < 4.78 is 2.33. The van der Waals surface area contributed by atoms with E-state index in [-0.39, 0.29) is 11.2 Å². The molecule has 0 radical (unpaired) electrons. The van der Waals surface area contributed by atoms with Crippen molar-refractivity contribution in [1.29, 1.82) is 0 Å². The predicted molar refractivity (Wildman–Crippen MR) is 101 cm³/mol. The van der Waals surface area contributed by atoms with E-state index in [1.165, 1.54) is 22.7 Å². The first kappa shape index (κ1) is 16.2. The molecule has 0 bridgehead atoms.